The first-order chi connectivity index (χ1) is 13.4. The molecule has 0 aliphatic heterocycles. The van der Waals surface area contributed by atoms with Gasteiger partial charge in [0, 0.05) is 36.6 Å². The molecule has 28 heavy (non-hydrogen) atoms. The number of non-ortho nitro benzene ring substituents is 1. The lowest BCUT2D eigenvalue weighted by molar-refractivity contribution is -0.384. The van der Waals surface area contributed by atoms with Crippen LogP contribution < -0.4 is 20.3 Å². The molecule has 148 valence electrons. The number of nitro benzene ring substituents is 1. The van der Waals surface area contributed by atoms with Gasteiger partial charge >= 0.3 is 11.8 Å². The summed E-state index contributed by atoms with van der Waals surface area (Å²) in [7, 11) is 1.36. The van der Waals surface area contributed by atoms with Crippen LogP contribution in [0, 0.1) is 10.1 Å². The first-order valence-corrected chi connectivity index (χ1v) is 8.69. The summed E-state index contributed by atoms with van der Waals surface area (Å²) in [6.07, 6.45) is 0. The minimum Gasteiger partial charge on any atom is -0.495 e. The zero-order valence-corrected chi connectivity index (χ0v) is 15.9. The van der Waals surface area contributed by atoms with E-state index in [4.69, 9.17) is 4.74 Å². The summed E-state index contributed by atoms with van der Waals surface area (Å²) >= 11 is 0. The summed E-state index contributed by atoms with van der Waals surface area (Å²) in [6.45, 7) is 5.81. The third kappa shape index (κ3) is 4.97. The van der Waals surface area contributed by atoms with Crippen molar-refractivity contribution in [2.24, 2.45) is 0 Å². The summed E-state index contributed by atoms with van der Waals surface area (Å²) in [5.74, 6) is -1.66. The third-order valence-corrected chi connectivity index (χ3v) is 4.10. The van der Waals surface area contributed by atoms with Gasteiger partial charge in [0.25, 0.3) is 5.69 Å². The largest absolute Gasteiger partial charge is 0.495 e. The zero-order chi connectivity index (χ0) is 20.7. The van der Waals surface area contributed by atoms with Crippen molar-refractivity contribution < 1.29 is 19.2 Å². The second-order valence-corrected chi connectivity index (χ2v) is 5.77. The Morgan fingerprint density at radius 1 is 1.04 bits per heavy atom. The van der Waals surface area contributed by atoms with Gasteiger partial charge in [-0.05, 0) is 44.2 Å². The number of anilines is 3. The van der Waals surface area contributed by atoms with Crippen LogP contribution in [0.15, 0.2) is 42.5 Å². The van der Waals surface area contributed by atoms with E-state index in [2.05, 4.69) is 15.5 Å². The average molecular weight is 386 g/mol. The molecule has 0 aromatic heterocycles. The Hall–Kier alpha value is -3.62. The van der Waals surface area contributed by atoms with Crippen molar-refractivity contribution in [2.45, 2.75) is 13.8 Å². The SMILES string of the molecule is CCN(CC)c1ccc(NC(=O)C(=O)Nc2cc([N+](=O)[O-])ccc2OC)cc1. The molecule has 0 fully saturated rings. The Kier molecular flexibility index (Phi) is 6.91. The number of nitrogens with one attached hydrogen (secondary N) is 2. The molecule has 0 radical (unpaired) electrons. The van der Waals surface area contributed by atoms with Crippen molar-refractivity contribution in [2.75, 3.05) is 35.7 Å². The number of rotatable bonds is 7. The Balaban J connectivity index is 2.08. The summed E-state index contributed by atoms with van der Waals surface area (Å²) in [4.78, 5) is 36.8. The van der Waals surface area contributed by atoms with E-state index in [0.29, 0.717) is 5.69 Å². The fourth-order valence-electron chi connectivity index (χ4n) is 2.62. The highest BCUT2D eigenvalue weighted by Gasteiger charge is 2.18. The van der Waals surface area contributed by atoms with Gasteiger partial charge in [0.2, 0.25) is 0 Å². The lowest BCUT2D eigenvalue weighted by Gasteiger charge is -2.21. The molecule has 2 aromatic rings. The number of hydrogen-bond acceptors (Lipinski definition) is 6. The Morgan fingerprint density at radius 2 is 1.64 bits per heavy atom. The molecular formula is C19H22N4O5. The van der Waals surface area contributed by atoms with Gasteiger partial charge < -0.3 is 20.3 Å². The molecule has 2 aromatic carbocycles. The standard InChI is InChI=1S/C19H22N4O5/c1-4-22(5-2)14-8-6-13(7-9-14)20-18(24)19(25)21-16-12-15(23(26)27)10-11-17(16)28-3/h6-12H,4-5H2,1-3H3,(H,20,24)(H,21,25). The molecule has 0 aliphatic carbocycles. The van der Waals surface area contributed by atoms with Crippen molar-refractivity contribution in [1.29, 1.82) is 0 Å². The summed E-state index contributed by atoms with van der Waals surface area (Å²) in [5.41, 5.74) is 1.27. The normalized spacial score (nSPS) is 10.1. The minimum atomic E-state index is -0.966. The number of carbonyl (C=O) groups is 2. The number of nitro groups is 1. The molecule has 2 amide bonds. The zero-order valence-electron chi connectivity index (χ0n) is 15.9. The molecule has 2 rings (SSSR count). The highest BCUT2D eigenvalue weighted by Crippen LogP contribution is 2.28. The maximum absolute atomic E-state index is 12.2. The average Bonchev–Trinajstić information content (AvgIpc) is 2.69. The van der Waals surface area contributed by atoms with E-state index in [1.807, 2.05) is 26.0 Å². The molecule has 0 aliphatic rings. The maximum atomic E-state index is 12.2. The van der Waals surface area contributed by atoms with Gasteiger partial charge in [0.15, 0.2) is 0 Å². The molecule has 0 unspecified atom stereocenters. The Morgan fingerprint density at radius 3 is 2.18 bits per heavy atom. The molecule has 0 saturated carbocycles. The summed E-state index contributed by atoms with van der Waals surface area (Å²) < 4.78 is 5.06. The lowest BCUT2D eigenvalue weighted by atomic mass is 10.2. The second kappa shape index (κ2) is 9.36. The Labute approximate surface area is 162 Å². The second-order valence-electron chi connectivity index (χ2n) is 5.77. The molecule has 0 saturated heterocycles. The minimum absolute atomic E-state index is 0.0359. The lowest BCUT2D eigenvalue weighted by Crippen LogP contribution is -2.29. The molecule has 0 bridgehead atoms. The van der Waals surface area contributed by atoms with E-state index in [1.54, 1.807) is 12.1 Å². The Bertz CT molecular complexity index is 863. The first-order valence-electron chi connectivity index (χ1n) is 8.69. The van der Waals surface area contributed by atoms with Gasteiger partial charge in [-0.2, -0.15) is 0 Å². The van der Waals surface area contributed by atoms with Crippen LogP contribution in [0.2, 0.25) is 0 Å². The van der Waals surface area contributed by atoms with E-state index in [0.717, 1.165) is 24.8 Å². The van der Waals surface area contributed by atoms with Crippen LogP contribution in [0.1, 0.15) is 13.8 Å². The quantitative estimate of drug-likeness (QED) is 0.429. The van der Waals surface area contributed by atoms with E-state index in [1.165, 1.54) is 19.2 Å². The fourth-order valence-corrected chi connectivity index (χ4v) is 2.62. The molecule has 2 N–H and O–H groups in total. The number of nitrogens with zero attached hydrogens (tertiary/aromatic N) is 2. The fraction of sp³-hybridized carbons (Fsp3) is 0.263. The highest BCUT2D eigenvalue weighted by atomic mass is 16.6. The van der Waals surface area contributed by atoms with E-state index in [-0.39, 0.29) is 17.1 Å². The van der Waals surface area contributed by atoms with Crippen molar-refractivity contribution in [3.63, 3.8) is 0 Å². The molecule has 9 nitrogen and oxygen atoms in total. The molecule has 0 atom stereocenters. The molecule has 0 spiro atoms. The van der Waals surface area contributed by atoms with Crippen molar-refractivity contribution in [3.8, 4) is 5.75 Å². The number of hydrogen-bond donors (Lipinski definition) is 2. The predicted molar refractivity (Wildman–Crippen MR) is 107 cm³/mol. The monoisotopic (exact) mass is 386 g/mol. The smallest absolute Gasteiger partial charge is 0.314 e. The summed E-state index contributed by atoms with van der Waals surface area (Å²) in [6, 6.07) is 10.8. The number of benzene rings is 2. The van der Waals surface area contributed by atoms with Gasteiger partial charge in [-0.3, -0.25) is 19.7 Å². The van der Waals surface area contributed by atoms with E-state index >= 15 is 0 Å². The van der Waals surface area contributed by atoms with Gasteiger partial charge in [-0.25, -0.2) is 0 Å². The van der Waals surface area contributed by atoms with Crippen molar-refractivity contribution >= 4 is 34.6 Å². The first kappa shape index (κ1) is 20.7. The maximum Gasteiger partial charge on any atom is 0.314 e. The predicted octanol–water partition coefficient (Wildman–Crippen LogP) is 3.03. The number of carbonyl (C=O) groups excluding carboxylic acids is 2. The van der Waals surface area contributed by atoms with Crippen LogP contribution >= 0.6 is 0 Å². The van der Waals surface area contributed by atoms with E-state index in [9.17, 15) is 19.7 Å². The molecule has 0 heterocycles. The van der Waals surface area contributed by atoms with Gasteiger partial charge in [-0.15, -0.1) is 0 Å². The van der Waals surface area contributed by atoms with Gasteiger partial charge in [0.1, 0.15) is 5.75 Å². The number of amides is 2. The molecular weight excluding hydrogens is 364 g/mol. The number of ether oxygens (including phenoxy) is 1. The van der Waals surface area contributed by atoms with E-state index < -0.39 is 16.7 Å². The number of methoxy groups -OCH3 is 1. The van der Waals surface area contributed by atoms with Crippen LogP contribution in [-0.2, 0) is 9.59 Å². The van der Waals surface area contributed by atoms with Crippen molar-refractivity contribution in [3.05, 3.63) is 52.6 Å². The van der Waals surface area contributed by atoms with Crippen molar-refractivity contribution in [1.82, 2.24) is 0 Å². The topological polar surface area (TPSA) is 114 Å². The highest BCUT2D eigenvalue weighted by molar-refractivity contribution is 6.43. The van der Waals surface area contributed by atoms with Crippen LogP contribution in [-0.4, -0.2) is 36.9 Å². The van der Waals surface area contributed by atoms with Crippen LogP contribution in [0.5, 0.6) is 5.75 Å². The third-order valence-electron chi connectivity index (χ3n) is 4.10. The van der Waals surface area contributed by atoms with Crippen LogP contribution in [0.4, 0.5) is 22.7 Å². The van der Waals surface area contributed by atoms with Crippen LogP contribution in [0.3, 0.4) is 0 Å². The van der Waals surface area contributed by atoms with Crippen LogP contribution in [0.25, 0.3) is 0 Å². The summed E-state index contributed by atoms with van der Waals surface area (Å²) in [5, 5.41) is 15.7. The van der Waals surface area contributed by atoms with Gasteiger partial charge in [0.05, 0.1) is 17.7 Å². The van der Waals surface area contributed by atoms with Gasteiger partial charge in [-0.1, -0.05) is 0 Å². The molecule has 9 heteroatoms.